The van der Waals surface area contributed by atoms with Crippen LogP contribution in [0.4, 0.5) is 0 Å². The van der Waals surface area contributed by atoms with Crippen LogP contribution in [0.15, 0.2) is 30.3 Å². The van der Waals surface area contributed by atoms with Crippen molar-refractivity contribution in [3.05, 3.63) is 35.9 Å². The summed E-state index contributed by atoms with van der Waals surface area (Å²) in [5.74, 6) is -0.917. The zero-order valence-electron chi connectivity index (χ0n) is 11.0. The Morgan fingerprint density at radius 2 is 1.89 bits per heavy atom. The summed E-state index contributed by atoms with van der Waals surface area (Å²) in [4.78, 5) is 11.6. The van der Waals surface area contributed by atoms with Crippen molar-refractivity contribution < 1.29 is 9.90 Å². The normalized spacial score (nSPS) is 12.1. The first-order valence-electron chi connectivity index (χ1n) is 6.63. The number of hydrogen-bond acceptors (Lipinski definition) is 3. The first kappa shape index (κ1) is 15.8. The van der Waals surface area contributed by atoms with Crippen molar-refractivity contribution in [2.75, 3.05) is 0 Å². The van der Waals surface area contributed by atoms with Crippen molar-refractivity contribution in [3.63, 3.8) is 0 Å². The second-order valence-corrected chi connectivity index (χ2v) is 5.32. The highest BCUT2D eigenvalue weighted by molar-refractivity contribution is 7.80. The molecule has 0 aliphatic carbocycles. The summed E-state index contributed by atoms with van der Waals surface area (Å²) in [6.07, 6.45) is 5.16. The van der Waals surface area contributed by atoms with E-state index in [1.54, 1.807) is 0 Å². The van der Waals surface area contributed by atoms with Crippen LogP contribution in [-0.4, -0.2) is 22.0 Å². The highest BCUT2D eigenvalue weighted by Crippen LogP contribution is 2.09. The lowest BCUT2D eigenvalue weighted by Gasteiger charge is -2.06. The predicted molar refractivity (Wildman–Crippen MR) is 81.4 cm³/mol. The average molecular weight is 279 g/mol. The smallest absolute Gasteiger partial charge is 0.320 e. The van der Waals surface area contributed by atoms with Gasteiger partial charge in [0.25, 0.3) is 0 Å². The number of thiocarbonyl (C=S) groups is 1. The molecule has 0 bridgehead atoms. The highest BCUT2D eigenvalue weighted by atomic mass is 32.1. The third kappa shape index (κ3) is 7.03. The van der Waals surface area contributed by atoms with Gasteiger partial charge < -0.3 is 10.8 Å². The standard InChI is InChI=1S/C15H21NO2S/c16-14(15(17)18)10-6-2-5-9-13(19)11-12-7-3-1-4-8-12/h1,3-4,7-8,14H,2,5-6,9-11,16H2,(H,17,18)/t14-/m0/s1. The van der Waals surface area contributed by atoms with Gasteiger partial charge in [0.05, 0.1) is 0 Å². The molecule has 0 amide bonds. The van der Waals surface area contributed by atoms with Crippen molar-refractivity contribution in [1.82, 2.24) is 0 Å². The summed E-state index contributed by atoms with van der Waals surface area (Å²) in [7, 11) is 0. The number of rotatable bonds is 9. The molecule has 4 heteroatoms. The second kappa shape index (κ2) is 8.77. The molecule has 0 unspecified atom stereocenters. The minimum absolute atomic E-state index is 0.542. The van der Waals surface area contributed by atoms with Crippen LogP contribution in [0.3, 0.4) is 0 Å². The molecule has 0 aromatic heterocycles. The third-order valence-electron chi connectivity index (χ3n) is 3.03. The minimum Gasteiger partial charge on any atom is -0.480 e. The van der Waals surface area contributed by atoms with Gasteiger partial charge in [-0.05, 0) is 29.7 Å². The SMILES string of the molecule is N[C@@H](CCCCCC(=S)Cc1ccccc1)C(=O)O. The molecule has 0 heterocycles. The Labute approximate surface area is 119 Å². The van der Waals surface area contributed by atoms with Gasteiger partial charge in [-0.3, -0.25) is 4.79 Å². The maximum atomic E-state index is 10.5. The maximum absolute atomic E-state index is 10.5. The molecule has 0 radical (unpaired) electrons. The zero-order valence-corrected chi connectivity index (χ0v) is 11.9. The van der Waals surface area contributed by atoms with Gasteiger partial charge in [0.15, 0.2) is 0 Å². The van der Waals surface area contributed by atoms with E-state index >= 15 is 0 Å². The van der Waals surface area contributed by atoms with Crippen LogP contribution >= 0.6 is 12.2 Å². The Morgan fingerprint density at radius 1 is 1.21 bits per heavy atom. The lowest BCUT2D eigenvalue weighted by atomic mass is 10.0. The van der Waals surface area contributed by atoms with E-state index in [2.05, 4.69) is 12.1 Å². The maximum Gasteiger partial charge on any atom is 0.320 e. The summed E-state index contributed by atoms with van der Waals surface area (Å²) in [6.45, 7) is 0. The molecule has 3 nitrogen and oxygen atoms in total. The molecule has 1 atom stereocenters. The van der Waals surface area contributed by atoms with Crippen LogP contribution in [0, 0.1) is 0 Å². The molecule has 0 saturated carbocycles. The number of carboxylic acids is 1. The van der Waals surface area contributed by atoms with Crippen LogP contribution in [0.25, 0.3) is 0 Å². The van der Waals surface area contributed by atoms with Crippen molar-refractivity contribution >= 4 is 23.1 Å². The van der Waals surface area contributed by atoms with E-state index in [-0.39, 0.29) is 0 Å². The zero-order chi connectivity index (χ0) is 14.1. The molecule has 3 N–H and O–H groups in total. The predicted octanol–water partition coefficient (Wildman–Crippen LogP) is 2.96. The van der Waals surface area contributed by atoms with Gasteiger partial charge in [-0.15, -0.1) is 0 Å². The summed E-state index contributed by atoms with van der Waals surface area (Å²) >= 11 is 5.36. The van der Waals surface area contributed by atoms with Crippen LogP contribution in [0.5, 0.6) is 0 Å². The van der Waals surface area contributed by atoms with E-state index in [1.165, 1.54) is 5.56 Å². The van der Waals surface area contributed by atoms with E-state index in [1.807, 2.05) is 18.2 Å². The van der Waals surface area contributed by atoms with Crippen molar-refractivity contribution in [2.24, 2.45) is 5.73 Å². The molecular formula is C15H21NO2S. The number of unbranched alkanes of at least 4 members (excludes halogenated alkanes) is 2. The molecule has 0 spiro atoms. The highest BCUT2D eigenvalue weighted by Gasteiger charge is 2.10. The molecule has 104 valence electrons. The quantitative estimate of drug-likeness (QED) is 0.539. The van der Waals surface area contributed by atoms with E-state index in [0.29, 0.717) is 6.42 Å². The Morgan fingerprint density at radius 3 is 2.53 bits per heavy atom. The molecule has 0 fully saturated rings. The second-order valence-electron chi connectivity index (χ2n) is 4.75. The van der Waals surface area contributed by atoms with Crippen LogP contribution in [0.2, 0.25) is 0 Å². The fourth-order valence-electron chi connectivity index (χ4n) is 1.90. The summed E-state index contributed by atoms with van der Waals surface area (Å²) in [5.41, 5.74) is 6.69. The largest absolute Gasteiger partial charge is 0.480 e. The fraction of sp³-hybridized carbons (Fsp3) is 0.467. The van der Waals surface area contributed by atoms with E-state index < -0.39 is 12.0 Å². The first-order chi connectivity index (χ1) is 9.09. The summed E-state index contributed by atoms with van der Waals surface area (Å²) < 4.78 is 0. The molecule has 1 rings (SSSR count). The van der Waals surface area contributed by atoms with Crippen molar-refractivity contribution in [2.45, 2.75) is 44.6 Å². The Bertz CT molecular complexity index is 406. The van der Waals surface area contributed by atoms with Gasteiger partial charge in [-0.25, -0.2) is 0 Å². The van der Waals surface area contributed by atoms with Gasteiger partial charge >= 0.3 is 5.97 Å². The van der Waals surface area contributed by atoms with Crippen molar-refractivity contribution in [1.29, 1.82) is 0 Å². The van der Waals surface area contributed by atoms with Gasteiger partial charge in [-0.2, -0.15) is 0 Å². The summed E-state index contributed by atoms with van der Waals surface area (Å²) in [6, 6.07) is 9.47. The van der Waals surface area contributed by atoms with E-state index in [0.717, 1.165) is 37.0 Å². The Kier molecular flexibility index (Phi) is 7.30. The number of aliphatic carboxylic acids is 1. The van der Waals surface area contributed by atoms with E-state index in [9.17, 15) is 4.79 Å². The van der Waals surface area contributed by atoms with Crippen LogP contribution in [0.1, 0.15) is 37.7 Å². The van der Waals surface area contributed by atoms with Crippen molar-refractivity contribution in [3.8, 4) is 0 Å². The number of carbonyl (C=O) groups is 1. The number of nitrogens with two attached hydrogens (primary N) is 1. The average Bonchev–Trinajstić information content (AvgIpc) is 2.39. The van der Waals surface area contributed by atoms with Gasteiger partial charge in [0, 0.05) is 6.42 Å². The van der Waals surface area contributed by atoms with E-state index in [4.69, 9.17) is 23.1 Å². The lowest BCUT2D eigenvalue weighted by Crippen LogP contribution is -2.29. The first-order valence-corrected chi connectivity index (χ1v) is 7.04. The number of hydrogen-bond donors (Lipinski definition) is 2. The molecule has 0 aliphatic rings. The molecule has 0 saturated heterocycles. The number of carboxylic acid groups (broad SMARTS) is 1. The van der Waals surface area contributed by atoms with Gasteiger partial charge in [-0.1, -0.05) is 55.4 Å². The van der Waals surface area contributed by atoms with Crippen LogP contribution in [-0.2, 0) is 11.2 Å². The topological polar surface area (TPSA) is 63.3 Å². The third-order valence-corrected chi connectivity index (χ3v) is 3.38. The molecule has 0 aliphatic heterocycles. The monoisotopic (exact) mass is 279 g/mol. The minimum atomic E-state index is -0.917. The number of benzene rings is 1. The Balaban J connectivity index is 2.10. The van der Waals surface area contributed by atoms with Crippen LogP contribution < -0.4 is 5.73 Å². The summed E-state index contributed by atoms with van der Waals surface area (Å²) in [5, 5.41) is 8.65. The Hall–Kier alpha value is -1.26. The fourth-order valence-corrected chi connectivity index (χ4v) is 2.21. The van der Waals surface area contributed by atoms with Gasteiger partial charge in [0.2, 0.25) is 0 Å². The molecule has 19 heavy (non-hydrogen) atoms. The lowest BCUT2D eigenvalue weighted by molar-refractivity contribution is -0.138. The molecular weight excluding hydrogens is 258 g/mol. The van der Waals surface area contributed by atoms with Gasteiger partial charge in [0.1, 0.15) is 6.04 Å². The molecule has 1 aromatic rings. The molecule has 1 aromatic carbocycles.